The summed E-state index contributed by atoms with van der Waals surface area (Å²) in [7, 11) is 2.14. The van der Waals surface area contributed by atoms with Crippen LogP contribution in [-0.2, 0) is 0 Å². The minimum atomic E-state index is -0.0250. The van der Waals surface area contributed by atoms with Gasteiger partial charge in [-0.15, -0.1) is 0 Å². The quantitative estimate of drug-likeness (QED) is 0.768. The Kier molecular flexibility index (Phi) is 4.45. The molecule has 3 fully saturated rings. The van der Waals surface area contributed by atoms with Gasteiger partial charge in [0.1, 0.15) is 0 Å². The number of aliphatic hydroxyl groups excluding tert-OH is 1. The summed E-state index contributed by atoms with van der Waals surface area (Å²) in [5.41, 5.74) is 0. The molecule has 4 unspecified atom stereocenters. The van der Waals surface area contributed by atoms with Gasteiger partial charge in [-0.05, 0) is 51.5 Å². The van der Waals surface area contributed by atoms with Crippen LogP contribution in [0, 0.1) is 5.92 Å². The predicted octanol–water partition coefficient (Wildman–Crippen LogP) is 2.14. The average molecular weight is 266 g/mol. The minimum absolute atomic E-state index is 0.0250. The molecule has 2 heterocycles. The SMILES string of the molecule is CNC1CCCCCC1CN1C2CCC1CC(O)C2. The molecular weight excluding hydrogens is 236 g/mol. The Labute approximate surface area is 117 Å². The highest BCUT2D eigenvalue weighted by Crippen LogP contribution is 2.37. The van der Waals surface area contributed by atoms with E-state index in [1.165, 1.54) is 51.5 Å². The fraction of sp³-hybridized carbons (Fsp3) is 1.00. The van der Waals surface area contributed by atoms with Crippen LogP contribution in [0.3, 0.4) is 0 Å². The van der Waals surface area contributed by atoms with Crippen LogP contribution < -0.4 is 5.32 Å². The van der Waals surface area contributed by atoms with Gasteiger partial charge in [-0.1, -0.05) is 19.3 Å². The largest absolute Gasteiger partial charge is 0.393 e. The molecule has 2 bridgehead atoms. The summed E-state index contributed by atoms with van der Waals surface area (Å²) in [6.07, 6.45) is 11.6. The van der Waals surface area contributed by atoms with Gasteiger partial charge in [0, 0.05) is 24.7 Å². The van der Waals surface area contributed by atoms with Crippen molar-refractivity contribution in [1.82, 2.24) is 10.2 Å². The van der Waals surface area contributed by atoms with Gasteiger partial charge in [-0.25, -0.2) is 0 Å². The normalized spacial score (nSPS) is 44.2. The predicted molar refractivity (Wildman–Crippen MR) is 78.2 cm³/mol. The summed E-state index contributed by atoms with van der Waals surface area (Å²) in [4.78, 5) is 2.76. The molecule has 0 radical (unpaired) electrons. The Morgan fingerprint density at radius 2 is 1.68 bits per heavy atom. The minimum Gasteiger partial charge on any atom is -0.393 e. The number of piperidine rings is 1. The van der Waals surface area contributed by atoms with E-state index in [0.29, 0.717) is 18.1 Å². The van der Waals surface area contributed by atoms with Crippen molar-refractivity contribution in [3.05, 3.63) is 0 Å². The zero-order chi connectivity index (χ0) is 13.2. The van der Waals surface area contributed by atoms with Crippen molar-refractivity contribution < 1.29 is 5.11 Å². The second-order valence-electron chi connectivity index (χ2n) is 7.00. The number of fused-ring (bicyclic) bond motifs is 2. The third kappa shape index (κ3) is 2.98. The Bertz CT molecular complexity index is 282. The first-order valence-corrected chi connectivity index (χ1v) is 8.39. The van der Waals surface area contributed by atoms with Crippen LogP contribution in [0.15, 0.2) is 0 Å². The van der Waals surface area contributed by atoms with E-state index in [2.05, 4.69) is 17.3 Å². The maximum atomic E-state index is 9.92. The summed E-state index contributed by atoms with van der Waals surface area (Å²) < 4.78 is 0. The molecule has 4 atom stereocenters. The summed E-state index contributed by atoms with van der Waals surface area (Å²) >= 11 is 0. The summed E-state index contributed by atoms with van der Waals surface area (Å²) in [6, 6.07) is 2.07. The van der Waals surface area contributed by atoms with Crippen molar-refractivity contribution in [2.24, 2.45) is 5.92 Å². The van der Waals surface area contributed by atoms with Crippen molar-refractivity contribution in [3.8, 4) is 0 Å². The van der Waals surface area contributed by atoms with E-state index in [0.717, 1.165) is 18.8 Å². The average Bonchev–Trinajstić information content (AvgIpc) is 2.61. The molecule has 0 aromatic rings. The number of aliphatic hydroxyl groups is 1. The first-order chi connectivity index (χ1) is 9.28. The number of rotatable bonds is 3. The molecule has 3 nitrogen and oxygen atoms in total. The van der Waals surface area contributed by atoms with Gasteiger partial charge >= 0.3 is 0 Å². The van der Waals surface area contributed by atoms with Crippen LogP contribution >= 0.6 is 0 Å². The van der Waals surface area contributed by atoms with Crippen LogP contribution in [0.1, 0.15) is 57.8 Å². The highest BCUT2D eigenvalue weighted by atomic mass is 16.3. The van der Waals surface area contributed by atoms with Gasteiger partial charge in [0.15, 0.2) is 0 Å². The lowest BCUT2D eigenvalue weighted by Gasteiger charge is -2.40. The number of nitrogens with one attached hydrogen (secondary N) is 1. The smallest absolute Gasteiger partial charge is 0.0570 e. The van der Waals surface area contributed by atoms with E-state index in [1.54, 1.807) is 0 Å². The number of nitrogens with zero attached hydrogens (tertiary/aromatic N) is 1. The van der Waals surface area contributed by atoms with Crippen molar-refractivity contribution in [3.63, 3.8) is 0 Å². The first kappa shape index (κ1) is 13.8. The van der Waals surface area contributed by atoms with Crippen molar-refractivity contribution >= 4 is 0 Å². The molecule has 0 amide bonds. The van der Waals surface area contributed by atoms with E-state index in [1.807, 2.05) is 0 Å². The molecule has 2 aliphatic heterocycles. The zero-order valence-electron chi connectivity index (χ0n) is 12.4. The molecule has 0 aromatic carbocycles. The molecular formula is C16H30N2O. The van der Waals surface area contributed by atoms with E-state index in [4.69, 9.17) is 0 Å². The molecule has 1 saturated carbocycles. The standard InChI is InChI=1S/C16H30N2O/c1-17-16-6-4-2-3-5-12(16)11-18-13-7-8-14(18)10-15(19)9-13/h12-17,19H,2-11H2,1H3. The molecule has 1 aliphatic carbocycles. The highest BCUT2D eigenvalue weighted by Gasteiger charge is 2.41. The number of hydrogen-bond acceptors (Lipinski definition) is 3. The Morgan fingerprint density at radius 1 is 1.00 bits per heavy atom. The molecule has 0 spiro atoms. The Hall–Kier alpha value is -0.120. The summed E-state index contributed by atoms with van der Waals surface area (Å²) in [5, 5.41) is 13.5. The molecule has 3 aliphatic rings. The van der Waals surface area contributed by atoms with Crippen LogP contribution in [0.5, 0.6) is 0 Å². The number of hydrogen-bond donors (Lipinski definition) is 2. The lowest BCUT2D eigenvalue weighted by atomic mass is 9.91. The maximum absolute atomic E-state index is 9.92. The van der Waals surface area contributed by atoms with Gasteiger partial charge in [-0.3, -0.25) is 4.90 Å². The van der Waals surface area contributed by atoms with Gasteiger partial charge in [-0.2, -0.15) is 0 Å². The molecule has 2 saturated heterocycles. The first-order valence-electron chi connectivity index (χ1n) is 8.39. The van der Waals surface area contributed by atoms with Crippen molar-refractivity contribution in [2.75, 3.05) is 13.6 Å². The van der Waals surface area contributed by atoms with Crippen LogP contribution in [0.2, 0.25) is 0 Å². The maximum Gasteiger partial charge on any atom is 0.0570 e. The van der Waals surface area contributed by atoms with Crippen LogP contribution in [0.4, 0.5) is 0 Å². The van der Waals surface area contributed by atoms with E-state index < -0.39 is 0 Å². The van der Waals surface area contributed by atoms with Crippen LogP contribution in [0.25, 0.3) is 0 Å². The van der Waals surface area contributed by atoms with Crippen LogP contribution in [-0.4, -0.2) is 47.8 Å². The molecule has 3 rings (SSSR count). The van der Waals surface area contributed by atoms with Crippen molar-refractivity contribution in [1.29, 1.82) is 0 Å². The third-order valence-electron chi connectivity index (χ3n) is 5.83. The molecule has 110 valence electrons. The fourth-order valence-corrected chi connectivity index (χ4v) is 4.80. The lowest BCUT2D eigenvalue weighted by molar-refractivity contribution is 0.0229. The van der Waals surface area contributed by atoms with Gasteiger partial charge in [0.05, 0.1) is 6.10 Å². The van der Waals surface area contributed by atoms with Gasteiger partial charge in [0.25, 0.3) is 0 Å². The van der Waals surface area contributed by atoms with E-state index in [-0.39, 0.29) is 6.10 Å². The zero-order valence-corrected chi connectivity index (χ0v) is 12.4. The highest BCUT2D eigenvalue weighted by molar-refractivity contribution is 4.97. The summed E-state index contributed by atoms with van der Waals surface area (Å²) in [5.74, 6) is 0.825. The van der Waals surface area contributed by atoms with E-state index >= 15 is 0 Å². The topological polar surface area (TPSA) is 35.5 Å². The molecule has 0 aromatic heterocycles. The Balaban J connectivity index is 1.63. The van der Waals surface area contributed by atoms with E-state index in [9.17, 15) is 5.11 Å². The second-order valence-corrected chi connectivity index (χ2v) is 7.00. The third-order valence-corrected chi connectivity index (χ3v) is 5.83. The fourth-order valence-electron chi connectivity index (χ4n) is 4.80. The lowest BCUT2D eigenvalue weighted by Crippen LogP contribution is -2.49. The van der Waals surface area contributed by atoms with Gasteiger partial charge in [0.2, 0.25) is 0 Å². The Morgan fingerprint density at radius 3 is 2.37 bits per heavy atom. The van der Waals surface area contributed by atoms with Crippen molar-refractivity contribution in [2.45, 2.75) is 82.0 Å². The molecule has 2 N–H and O–H groups in total. The molecule has 3 heteroatoms. The monoisotopic (exact) mass is 266 g/mol. The second kappa shape index (κ2) is 6.11. The summed E-state index contributed by atoms with van der Waals surface area (Å²) in [6.45, 7) is 1.27. The molecule has 19 heavy (non-hydrogen) atoms. The van der Waals surface area contributed by atoms with Gasteiger partial charge < -0.3 is 10.4 Å².